The highest BCUT2D eigenvalue weighted by molar-refractivity contribution is 6.17. The van der Waals surface area contributed by atoms with Gasteiger partial charge >= 0.3 is 7.69 Å². The van der Waals surface area contributed by atoms with E-state index in [0.717, 1.165) is 41.5 Å². The first-order valence-electron chi connectivity index (χ1n) is 12.8. The molecule has 0 amide bonds. The lowest BCUT2D eigenvalue weighted by molar-refractivity contribution is 0.454. The number of hydrogen-bond acceptors (Lipinski definition) is 3. The first-order chi connectivity index (χ1) is 18.6. The van der Waals surface area contributed by atoms with Crippen molar-refractivity contribution in [3.63, 3.8) is 0 Å². The van der Waals surface area contributed by atoms with Gasteiger partial charge in [0.2, 0.25) is 0 Å². The predicted octanol–water partition coefficient (Wildman–Crippen LogP) is 7.80. The molecule has 5 heteroatoms. The summed E-state index contributed by atoms with van der Waals surface area (Å²) in [6, 6.07) is 40.3. The van der Waals surface area contributed by atoms with Gasteiger partial charge in [0.15, 0.2) is 0 Å². The zero-order valence-electron chi connectivity index (χ0n) is 21.3. The second-order valence-electron chi connectivity index (χ2n) is 10.3. The summed E-state index contributed by atoms with van der Waals surface area (Å²) < 4.78 is 7.88. The fourth-order valence-electron chi connectivity index (χ4n) is 6.10. The highest BCUT2D eigenvalue weighted by atomic mass is 16.5. The van der Waals surface area contributed by atoms with Crippen molar-refractivity contribution in [2.75, 3.05) is 4.90 Å². The molecule has 1 aromatic heterocycles. The molecule has 183 valence electrons. The van der Waals surface area contributed by atoms with Gasteiger partial charge in [-0.1, -0.05) is 86.6 Å². The van der Waals surface area contributed by atoms with E-state index in [0.29, 0.717) is 5.75 Å². The first kappa shape index (κ1) is 22.7. The molecule has 1 N–H and O–H groups in total. The van der Waals surface area contributed by atoms with E-state index >= 15 is 0 Å². The molecule has 5 aromatic carbocycles. The minimum Gasteiger partial charge on any atom is -0.537 e. The van der Waals surface area contributed by atoms with Crippen LogP contribution in [0.25, 0.3) is 27.5 Å². The van der Waals surface area contributed by atoms with Crippen molar-refractivity contribution in [3.8, 4) is 11.4 Å². The van der Waals surface area contributed by atoms with Crippen molar-refractivity contribution in [2.24, 2.45) is 0 Å². The molecule has 6 aromatic rings. The van der Waals surface area contributed by atoms with Crippen molar-refractivity contribution in [2.45, 2.75) is 19.3 Å². The molecule has 1 aliphatic heterocycles. The molecule has 0 saturated carbocycles. The third-order valence-electron chi connectivity index (χ3n) is 7.80. The van der Waals surface area contributed by atoms with Crippen LogP contribution < -0.4 is 9.55 Å². The maximum Gasteiger partial charge on any atom is 0.569 e. The number of benzene rings is 5. The van der Waals surface area contributed by atoms with Gasteiger partial charge in [-0.2, -0.15) is 0 Å². The Morgan fingerprint density at radius 2 is 1.13 bits per heavy atom. The first-order valence-corrected chi connectivity index (χ1v) is 12.8. The summed E-state index contributed by atoms with van der Waals surface area (Å²) in [6.07, 6.45) is 0. The zero-order valence-corrected chi connectivity index (χ0v) is 21.3. The highest BCUT2D eigenvalue weighted by Crippen LogP contribution is 2.52. The van der Waals surface area contributed by atoms with Crippen molar-refractivity contribution in [3.05, 3.63) is 126 Å². The highest BCUT2D eigenvalue weighted by Gasteiger charge is 2.36. The van der Waals surface area contributed by atoms with Crippen LogP contribution in [0.4, 0.5) is 17.1 Å². The van der Waals surface area contributed by atoms with E-state index < -0.39 is 0 Å². The molecule has 0 fully saturated rings. The van der Waals surface area contributed by atoms with E-state index in [1.165, 1.54) is 21.9 Å². The number of nitrogens with zero attached hydrogens (tertiary/aromatic N) is 2. The monoisotopic (exact) mass is 493 g/mol. The van der Waals surface area contributed by atoms with Gasteiger partial charge in [0.25, 0.3) is 0 Å². The van der Waals surface area contributed by atoms with Gasteiger partial charge in [-0.05, 0) is 41.5 Å². The summed E-state index contributed by atoms with van der Waals surface area (Å²) in [5, 5.41) is 12.0. The van der Waals surface area contributed by atoms with Gasteiger partial charge in [0, 0.05) is 28.3 Å². The van der Waals surface area contributed by atoms with Crippen LogP contribution in [0.1, 0.15) is 25.0 Å². The zero-order chi connectivity index (χ0) is 25.9. The predicted molar refractivity (Wildman–Crippen MR) is 156 cm³/mol. The molecule has 0 saturated heterocycles. The number of fused-ring (bicyclic) bond motifs is 5. The van der Waals surface area contributed by atoms with Crippen molar-refractivity contribution in [1.29, 1.82) is 0 Å². The van der Waals surface area contributed by atoms with E-state index in [4.69, 9.17) is 4.65 Å². The summed E-state index contributed by atoms with van der Waals surface area (Å²) in [5.41, 5.74) is 8.79. The normalized spacial score (nSPS) is 13.8. The SMILES string of the molecule is CC1(C)c2ccccc2N(c2cc(O[B]O)cc(-n3c4ccccc4c4ccccc43)c2)c2ccccc21. The smallest absolute Gasteiger partial charge is 0.537 e. The molecule has 38 heavy (non-hydrogen) atoms. The minimum absolute atomic E-state index is 0.146. The average Bonchev–Trinajstić information content (AvgIpc) is 3.28. The summed E-state index contributed by atoms with van der Waals surface area (Å²) in [4.78, 5) is 2.30. The number of anilines is 3. The molecule has 7 rings (SSSR count). The van der Waals surface area contributed by atoms with Gasteiger partial charge in [0.1, 0.15) is 5.75 Å². The number of hydrogen-bond donors (Lipinski definition) is 1. The van der Waals surface area contributed by atoms with Gasteiger partial charge in [-0.15, -0.1) is 0 Å². The van der Waals surface area contributed by atoms with Crippen LogP contribution in [0.5, 0.6) is 5.75 Å². The van der Waals surface area contributed by atoms with Crippen LogP contribution in [0.2, 0.25) is 0 Å². The molecular weight excluding hydrogens is 467 g/mol. The third-order valence-corrected chi connectivity index (χ3v) is 7.80. The van der Waals surface area contributed by atoms with Crippen molar-refractivity contribution >= 4 is 46.6 Å². The number of para-hydroxylation sites is 4. The number of rotatable bonds is 4. The van der Waals surface area contributed by atoms with Crippen LogP contribution in [-0.2, 0) is 5.41 Å². The Morgan fingerprint density at radius 3 is 1.71 bits per heavy atom. The molecule has 0 unspecified atom stereocenters. The van der Waals surface area contributed by atoms with Crippen LogP contribution in [0.3, 0.4) is 0 Å². The fraction of sp³-hybridized carbons (Fsp3) is 0.0909. The van der Waals surface area contributed by atoms with E-state index in [1.54, 1.807) is 0 Å². The van der Waals surface area contributed by atoms with E-state index in [2.05, 4.69) is 126 Å². The van der Waals surface area contributed by atoms with Gasteiger partial charge in [0.05, 0.1) is 33.8 Å². The summed E-state index contributed by atoms with van der Waals surface area (Å²) in [5.74, 6) is 0.557. The summed E-state index contributed by atoms with van der Waals surface area (Å²) in [7, 11) is 0.746. The Balaban J connectivity index is 1.53. The number of aromatic nitrogens is 1. The standard InChI is InChI=1S/C33H26BN2O2/c1-33(2)27-13-5-9-17-31(27)36(32-18-10-6-14-28(32)33)23-19-22(20-24(21-23)38-34-37)35-29-15-7-3-11-25(29)26-12-4-8-16-30(26)35/h3-21,37H,1-2H3. The average molecular weight is 493 g/mol. The minimum atomic E-state index is -0.146. The largest absolute Gasteiger partial charge is 0.569 e. The fourth-order valence-corrected chi connectivity index (χ4v) is 6.10. The molecule has 1 aliphatic rings. The lowest BCUT2D eigenvalue weighted by Gasteiger charge is -2.42. The van der Waals surface area contributed by atoms with E-state index in [9.17, 15) is 5.02 Å². The Labute approximate surface area is 222 Å². The molecule has 2 heterocycles. The molecule has 0 spiro atoms. The quantitative estimate of drug-likeness (QED) is 0.255. The Hall–Kier alpha value is -4.48. The van der Waals surface area contributed by atoms with Crippen LogP contribution in [-0.4, -0.2) is 17.3 Å². The van der Waals surface area contributed by atoms with Crippen LogP contribution in [0.15, 0.2) is 115 Å². The van der Waals surface area contributed by atoms with Crippen LogP contribution in [0, 0.1) is 0 Å². The second-order valence-corrected chi connectivity index (χ2v) is 10.3. The van der Waals surface area contributed by atoms with Gasteiger partial charge < -0.3 is 19.1 Å². The summed E-state index contributed by atoms with van der Waals surface area (Å²) in [6.45, 7) is 4.57. The van der Waals surface area contributed by atoms with Crippen molar-refractivity contribution in [1.82, 2.24) is 4.57 Å². The third kappa shape index (κ3) is 3.29. The Bertz CT molecular complexity index is 1740. The maximum atomic E-state index is 9.60. The van der Waals surface area contributed by atoms with Gasteiger partial charge in [-0.25, -0.2) is 0 Å². The van der Waals surface area contributed by atoms with Gasteiger partial charge in [-0.3, -0.25) is 0 Å². The molecule has 4 nitrogen and oxygen atoms in total. The second kappa shape index (κ2) is 8.54. The van der Waals surface area contributed by atoms with Crippen molar-refractivity contribution < 1.29 is 9.68 Å². The molecular formula is C33H26BN2O2. The van der Waals surface area contributed by atoms with Crippen LogP contribution >= 0.6 is 0 Å². The molecule has 0 aliphatic carbocycles. The van der Waals surface area contributed by atoms with E-state index in [1.807, 2.05) is 12.1 Å². The molecule has 0 atom stereocenters. The maximum absolute atomic E-state index is 9.60. The Morgan fingerprint density at radius 1 is 0.632 bits per heavy atom. The molecule has 1 radical (unpaired) electrons. The van der Waals surface area contributed by atoms with E-state index in [-0.39, 0.29) is 5.41 Å². The molecule has 0 bridgehead atoms. The lowest BCUT2D eigenvalue weighted by atomic mass is 9.73. The Kier molecular flexibility index (Phi) is 5.10. The topological polar surface area (TPSA) is 37.6 Å². The lowest BCUT2D eigenvalue weighted by Crippen LogP contribution is -2.30. The summed E-state index contributed by atoms with van der Waals surface area (Å²) >= 11 is 0.